The Hall–Kier alpha value is -3.79. The molecule has 0 saturated heterocycles. The zero-order valence-electron chi connectivity index (χ0n) is 59.6. The lowest BCUT2D eigenvalue weighted by Gasteiger charge is -2.21. The normalized spacial score (nSPS) is 14.7. The Kier molecular flexibility index (Phi) is 67.3. The molecule has 0 aliphatic carbocycles. The third-order valence-corrected chi connectivity index (χ3v) is 17.4. The smallest absolute Gasteiger partial charge is 0.463 e. The van der Waals surface area contributed by atoms with Gasteiger partial charge >= 0.3 is 33.6 Å². The molecule has 0 aromatic rings. The Morgan fingerprint density at radius 1 is 0.305 bits per heavy atom. The van der Waals surface area contributed by atoms with E-state index in [-0.39, 0.29) is 19.3 Å². The first kappa shape index (κ1) is 91.2. The third-order valence-electron chi connectivity index (χ3n) is 15.5. The van der Waals surface area contributed by atoms with Crippen molar-refractivity contribution >= 4 is 33.6 Å². The summed E-state index contributed by atoms with van der Waals surface area (Å²) in [7, 11) is -9.79. The van der Waals surface area contributed by atoms with Crippen LogP contribution in [-0.4, -0.2) is 95.9 Å². The topological polar surface area (TPSA) is 231 Å². The number of carbonyl (C=O) groups excluding carboxylic acids is 3. The van der Waals surface area contributed by atoms with E-state index in [4.69, 9.17) is 32.3 Å². The van der Waals surface area contributed by atoms with Crippen molar-refractivity contribution in [1.82, 2.24) is 0 Å². The Labute approximate surface area is 577 Å². The number of hydrogen-bond acceptors (Lipinski definition) is 14. The van der Waals surface area contributed by atoms with Crippen LogP contribution < -0.4 is 0 Å². The highest BCUT2D eigenvalue weighted by molar-refractivity contribution is 7.47. The van der Waals surface area contributed by atoms with Crippen LogP contribution in [0.1, 0.15) is 303 Å². The minimum Gasteiger partial charge on any atom is -0.463 e. The Balaban J connectivity index is 4.55. The van der Waals surface area contributed by atoms with E-state index in [1.807, 2.05) is 0 Å². The van der Waals surface area contributed by atoms with E-state index in [1.165, 1.54) is 89.9 Å². The molecule has 0 saturated carbocycles. The minimum absolute atomic E-state index is 0.0852. The molecule has 0 fully saturated rings. The summed E-state index contributed by atoms with van der Waals surface area (Å²) in [5.41, 5.74) is 0. The molecule has 4 N–H and O–H groups in total. The highest BCUT2D eigenvalue weighted by atomic mass is 31.2. The molecule has 5 atom stereocenters. The van der Waals surface area contributed by atoms with Gasteiger partial charge in [-0.05, 0) is 128 Å². The number of ether oxygens (including phenoxy) is 3. The highest BCUT2D eigenvalue weighted by Crippen LogP contribution is 2.45. The standard InChI is InChI=1S/C77H134O16P2/c1-4-7-10-13-16-19-22-25-28-30-31-32-33-34-35-36-37-38-39-41-44-45-48-51-54-57-60-63-75(80)87-66-72(78)67-89-94(83,84)90-68-73(79)69-91-95(85,86)92-71-74(93-77(82)65-62-59-56-53-50-47-42-27-24-21-18-15-12-9-6-3)70-88-76(81)64-61-58-55-52-49-46-43-40-29-26-23-20-17-14-11-8-5-2/h8,11,16-21,25-29,31-32,34-35,42,72-74,78-79H,4-7,9-10,12-15,22-24,30,33,36-41,43-71H2,1-3H3,(H,83,84)(H,85,86)/b11-8-,19-16-,20-17-,21-18-,28-25-,29-26-,32-31-,35-34-,42-27-. The van der Waals surface area contributed by atoms with Crippen LogP contribution in [0.2, 0.25) is 0 Å². The van der Waals surface area contributed by atoms with Crippen molar-refractivity contribution in [3.05, 3.63) is 109 Å². The van der Waals surface area contributed by atoms with Gasteiger partial charge in [-0.1, -0.05) is 265 Å². The van der Waals surface area contributed by atoms with E-state index < -0.39 is 91.5 Å². The second kappa shape index (κ2) is 70.1. The number of phosphoric acid groups is 2. The second-order valence-electron chi connectivity index (χ2n) is 24.7. The number of phosphoric ester groups is 2. The molecule has 0 spiro atoms. The van der Waals surface area contributed by atoms with Crippen molar-refractivity contribution in [3.8, 4) is 0 Å². The number of aliphatic hydroxyl groups excluding tert-OH is 2. The molecule has 18 heteroatoms. The van der Waals surface area contributed by atoms with E-state index in [2.05, 4.69) is 130 Å². The Bertz CT molecular complexity index is 2170. The van der Waals surface area contributed by atoms with Crippen LogP contribution >= 0.6 is 15.6 Å². The fraction of sp³-hybridized carbons (Fsp3) is 0.727. The largest absolute Gasteiger partial charge is 0.472 e. The van der Waals surface area contributed by atoms with Gasteiger partial charge in [-0.2, -0.15) is 0 Å². The number of carbonyl (C=O) groups is 3. The summed E-state index contributed by atoms with van der Waals surface area (Å²) < 4.78 is 61.0. The van der Waals surface area contributed by atoms with Crippen LogP contribution in [0.3, 0.4) is 0 Å². The molecule has 0 bridgehead atoms. The lowest BCUT2D eigenvalue weighted by molar-refractivity contribution is -0.161. The molecule has 5 unspecified atom stereocenters. The molecular weight excluding hydrogens is 1240 g/mol. The summed E-state index contributed by atoms with van der Waals surface area (Å²) in [5.74, 6) is -1.60. The number of rotatable bonds is 70. The molecule has 0 aliphatic heterocycles. The Morgan fingerprint density at radius 2 is 0.558 bits per heavy atom. The molecule has 0 radical (unpaired) electrons. The summed E-state index contributed by atoms with van der Waals surface area (Å²) in [4.78, 5) is 58.5. The maximum absolute atomic E-state index is 12.9. The molecule has 16 nitrogen and oxygen atoms in total. The molecule has 0 aliphatic rings. The lowest BCUT2D eigenvalue weighted by atomic mass is 10.0. The van der Waals surface area contributed by atoms with Gasteiger partial charge in [0, 0.05) is 19.3 Å². The molecule has 0 amide bonds. The van der Waals surface area contributed by atoms with Crippen molar-refractivity contribution in [1.29, 1.82) is 0 Å². The van der Waals surface area contributed by atoms with Crippen molar-refractivity contribution in [3.63, 3.8) is 0 Å². The SMILES string of the molecule is CC/C=C\C/C=C\C/C=C\CCCCCCCCCC(=O)OCC(COP(=O)(O)OCC(O)COP(=O)(O)OCC(O)COC(=O)CCCCCCCCCCCCC/C=C\C/C=C\C/C=C\C/C=C\CCCCC)OC(=O)CCCCCCC/C=C\C/C=C\CCCCC. The maximum Gasteiger partial charge on any atom is 0.472 e. The van der Waals surface area contributed by atoms with Crippen LogP contribution in [0.15, 0.2) is 109 Å². The summed E-state index contributed by atoms with van der Waals surface area (Å²) in [5, 5.41) is 20.6. The van der Waals surface area contributed by atoms with Crippen LogP contribution in [0.25, 0.3) is 0 Å². The second-order valence-corrected chi connectivity index (χ2v) is 27.6. The van der Waals surface area contributed by atoms with Crippen molar-refractivity contribution < 1.29 is 75.8 Å². The lowest BCUT2D eigenvalue weighted by Crippen LogP contribution is -2.30. The van der Waals surface area contributed by atoms with Gasteiger partial charge in [0.15, 0.2) is 6.10 Å². The average molecular weight is 1380 g/mol. The highest BCUT2D eigenvalue weighted by Gasteiger charge is 2.29. The zero-order valence-corrected chi connectivity index (χ0v) is 61.4. The quantitative estimate of drug-likeness (QED) is 0.0146. The van der Waals surface area contributed by atoms with Gasteiger partial charge in [0.1, 0.15) is 25.4 Å². The van der Waals surface area contributed by atoms with E-state index >= 15 is 0 Å². The number of esters is 3. The summed E-state index contributed by atoms with van der Waals surface area (Å²) >= 11 is 0. The Morgan fingerprint density at radius 3 is 0.884 bits per heavy atom. The summed E-state index contributed by atoms with van der Waals surface area (Å²) in [6.45, 7) is 2.49. The van der Waals surface area contributed by atoms with Gasteiger partial charge in [0.25, 0.3) is 0 Å². The number of hydrogen-bond donors (Lipinski definition) is 4. The van der Waals surface area contributed by atoms with Gasteiger partial charge in [0.2, 0.25) is 0 Å². The number of allylic oxidation sites excluding steroid dienone is 18. The monoisotopic (exact) mass is 1380 g/mol. The van der Waals surface area contributed by atoms with Gasteiger partial charge in [-0.3, -0.25) is 32.5 Å². The van der Waals surface area contributed by atoms with Gasteiger partial charge in [0.05, 0.1) is 26.4 Å². The zero-order chi connectivity index (χ0) is 69.5. The van der Waals surface area contributed by atoms with Crippen molar-refractivity contribution in [2.24, 2.45) is 0 Å². The van der Waals surface area contributed by atoms with Crippen molar-refractivity contribution in [2.75, 3.05) is 39.6 Å². The van der Waals surface area contributed by atoms with E-state index in [0.29, 0.717) is 19.3 Å². The molecule has 95 heavy (non-hydrogen) atoms. The predicted molar refractivity (Wildman–Crippen MR) is 390 cm³/mol. The van der Waals surface area contributed by atoms with E-state index in [9.17, 15) is 43.5 Å². The van der Waals surface area contributed by atoms with Crippen LogP contribution in [0.5, 0.6) is 0 Å². The minimum atomic E-state index is -4.93. The van der Waals surface area contributed by atoms with Crippen LogP contribution in [0, 0.1) is 0 Å². The van der Waals surface area contributed by atoms with Crippen LogP contribution in [-0.2, 0) is 55.8 Å². The number of aliphatic hydroxyl groups is 2. The third kappa shape index (κ3) is 71.3. The molecule has 0 rings (SSSR count). The molecule has 0 aromatic heterocycles. The van der Waals surface area contributed by atoms with E-state index in [1.54, 1.807) is 0 Å². The maximum atomic E-state index is 12.9. The van der Waals surface area contributed by atoms with Crippen molar-refractivity contribution in [2.45, 2.75) is 322 Å². The summed E-state index contributed by atoms with van der Waals surface area (Å²) in [6.07, 6.45) is 79.9. The molecule has 0 aromatic carbocycles. The fourth-order valence-electron chi connectivity index (χ4n) is 9.78. The molecule has 0 heterocycles. The molecular formula is C77H134O16P2. The van der Waals surface area contributed by atoms with Gasteiger partial charge < -0.3 is 34.2 Å². The first-order valence-corrected chi connectivity index (χ1v) is 40.2. The first-order valence-electron chi connectivity index (χ1n) is 37.2. The van der Waals surface area contributed by atoms with E-state index in [0.717, 1.165) is 154 Å². The number of unbranched alkanes of at least 4 members (excludes halogenated alkanes) is 29. The molecule has 548 valence electrons. The average Bonchev–Trinajstić information content (AvgIpc) is 2.44. The predicted octanol–water partition coefficient (Wildman–Crippen LogP) is 21.2. The fourth-order valence-corrected chi connectivity index (χ4v) is 11.4. The summed E-state index contributed by atoms with van der Waals surface area (Å²) in [6, 6.07) is 0. The first-order chi connectivity index (χ1) is 46.2. The van der Waals surface area contributed by atoms with Gasteiger partial charge in [-0.25, -0.2) is 9.13 Å². The van der Waals surface area contributed by atoms with Crippen LogP contribution in [0.4, 0.5) is 0 Å². The van der Waals surface area contributed by atoms with Gasteiger partial charge in [-0.15, -0.1) is 0 Å².